The topological polar surface area (TPSA) is 35.2 Å². The standard InChI is InChI=1S/C11H14ClNO/c1-7-5-9(12)10(14-2)6-8(7)11(13)3-4-11/h5-6H,3-4,13H2,1-2H3. The molecule has 0 unspecified atom stereocenters. The van der Waals surface area contributed by atoms with Gasteiger partial charge in [-0.2, -0.15) is 0 Å². The number of halogens is 1. The largest absolute Gasteiger partial charge is 0.495 e. The van der Waals surface area contributed by atoms with Gasteiger partial charge in [0, 0.05) is 5.54 Å². The van der Waals surface area contributed by atoms with Crippen molar-refractivity contribution in [2.24, 2.45) is 5.73 Å². The molecule has 1 aliphatic carbocycles. The Morgan fingerprint density at radius 2 is 2.07 bits per heavy atom. The molecule has 3 heteroatoms. The van der Waals surface area contributed by atoms with E-state index in [2.05, 4.69) is 0 Å². The number of benzene rings is 1. The molecule has 0 heterocycles. The van der Waals surface area contributed by atoms with Crippen molar-refractivity contribution >= 4 is 11.6 Å². The fourth-order valence-electron chi connectivity index (χ4n) is 1.75. The van der Waals surface area contributed by atoms with Crippen molar-refractivity contribution in [1.29, 1.82) is 0 Å². The first-order chi connectivity index (χ1) is 6.57. The molecule has 0 aromatic heterocycles. The van der Waals surface area contributed by atoms with Gasteiger partial charge in [0.15, 0.2) is 0 Å². The molecule has 1 aliphatic rings. The molecule has 2 nitrogen and oxygen atoms in total. The first kappa shape index (κ1) is 9.81. The maximum atomic E-state index is 6.14. The highest BCUT2D eigenvalue weighted by Gasteiger charge is 2.41. The van der Waals surface area contributed by atoms with Crippen molar-refractivity contribution in [1.82, 2.24) is 0 Å². The third-order valence-electron chi connectivity index (χ3n) is 2.82. The van der Waals surface area contributed by atoms with Gasteiger partial charge in [0.25, 0.3) is 0 Å². The van der Waals surface area contributed by atoms with Crippen molar-refractivity contribution in [3.8, 4) is 5.75 Å². The number of nitrogens with two attached hydrogens (primary N) is 1. The second kappa shape index (κ2) is 3.14. The van der Waals surface area contributed by atoms with Gasteiger partial charge in [0.05, 0.1) is 12.1 Å². The summed E-state index contributed by atoms with van der Waals surface area (Å²) < 4.78 is 5.18. The molecule has 2 N–H and O–H groups in total. The Bertz CT molecular complexity index is 372. The number of methoxy groups -OCH3 is 1. The summed E-state index contributed by atoms with van der Waals surface area (Å²) in [5, 5.41) is 0.651. The van der Waals surface area contributed by atoms with Crippen LogP contribution in [0.3, 0.4) is 0 Å². The molecule has 0 aliphatic heterocycles. The van der Waals surface area contributed by atoms with E-state index in [1.54, 1.807) is 7.11 Å². The minimum Gasteiger partial charge on any atom is -0.495 e. The Kier molecular flexibility index (Phi) is 2.20. The van der Waals surface area contributed by atoms with Gasteiger partial charge >= 0.3 is 0 Å². The average Bonchev–Trinajstić information content (AvgIpc) is 2.85. The van der Waals surface area contributed by atoms with E-state index in [-0.39, 0.29) is 5.54 Å². The van der Waals surface area contributed by atoms with E-state index >= 15 is 0 Å². The molecule has 2 rings (SSSR count). The second-order valence-corrected chi connectivity index (χ2v) is 4.37. The van der Waals surface area contributed by atoms with E-state index < -0.39 is 0 Å². The molecule has 1 aromatic carbocycles. The van der Waals surface area contributed by atoms with Crippen LogP contribution in [0.2, 0.25) is 5.02 Å². The number of hydrogen-bond donors (Lipinski definition) is 1. The summed E-state index contributed by atoms with van der Waals surface area (Å²) in [5.74, 6) is 0.712. The summed E-state index contributed by atoms with van der Waals surface area (Å²) in [6, 6.07) is 3.88. The number of rotatable bonds is 2. The van der Waals surface area contributed by atoms with Gasteiger partial charge in [0.2, 0.25) is 0 Å². The van der Waals surface area contributed by atoms with Gasteiger partial charge in [-0.1, -0.05) is 11.6 Å². The number of aryl methyl sites for hydroxylation is 1. The third-order valence-corrected chi connectivity index (χ3v) is 3.12. The predicted molar refractivity (Wildman–Crippen MR) is 57.8 cm³/mol. The maximum absolute atomic E-state index is 6.14. The van der Waals surface area contributed by atoms with E-state index in [9.17, 15) is 0 Å². The van der Waals surface area contributed by atoms with E-state index in [0.29, 0.717) is 10.8 Å². The Balaban J connectivity index is 2.50. The van der Waals surface area contributed by atoms with Gasteiger partial charge in [-0.25, -0.2) is 0 Å². The molecule has 0 atom stereocenters. The van der Waals surface area contributed by atoms with Gasteiger partial charge < -0.3 is 10.5 Å². The lowest BCUT2D eigenvalue weighted by Crippen LogP contribution is -2.20. The lowest BCUT2D eigenvalue weighted by atomic mass is 10.00. The summed E-state index contributed by atoms with van der Waals surface area (Å²) in [4.78, 5) is 0. The molecule has 1 aromatic rings. The Hall–Kier alpha value is -0.730. The van der Waals surface area contributed by atoms with Gasteiger partial charge in [-0.3, -0.25) is 0 Å². The zero-order chi connectivity index (χ0) is 10.3. The SMILES string of the molecule is COc1cc(C2(N)CC2)c(C)cc1Cl. The summed E-state index contributed by atoms with van der Waals surface area (Å²) in [7, 11) is 1.62. The molecule has 0 spiro atoms. The van der Waals surface area contributed by atoms with E-state index in [4.69, 9.17) is 22.1 Å². The van der Waals surface area contributed by atoms with Crippen LogP contribution in [-0.2, 0) is 5.54 Å². The summed E-state index contributed by atoms with van der Waals surface area (Å²) in [5.41, 5.74) is 8.34. The van der Waals surface area contributed by atoms with Crippen molar-refractivity contribution in [3.63, 3.8) is 0 Å². The van der Waals surface area contributed by atoms with Crippen LogP contribution < -0.4 is 10.5 Å². The molecular weight excluding hydrogens is 198 g/mol. The van der Waals surface area contributed by atoms with E-state index in [1.807, 2.05) is 19.1 Å². The van der Waals surface area contributed by atoms with Crippen LogP contribution in [-0.4, -0.2) is 7.11 Å². The monoisotopic (exact) mass is 211 g/mol. The van der Waals surface area contributed by atoms with Crippen LogP contribution in [0, 0.1) is 6.92 Å². The summed E-state index contributed by atoms with van der Waals surface area (Å²) in [6.45, 7) is 2.04. The molecule has 14 heavy (non-hydrogen) atoms. The van der Waals surface area contributed by atoms with Gasteiger partial charge in [-0.15, -0.1) is 0 Å². The highest BCUT2D eigenvalue weighted by molar-refractivity contribution is 6.32. The lowest BCUT2D eigenvalue weighted by molar-refractivity contribution is 0.413. The van der Waals surface area contributed by atoms with Crippen molar-refractivity contribution in [2.45, 2.75) is 25.3 Å². The molecule has 0 radical (unpaired) electrons. The first-order valence-electron chi connectivity index (χ1n) is 4.70. The van der Waals surface area contributed by atoms with Crippen LogP contribution >= 0.6 is 11.6 Å². The van der Waals surface area contributed by atoms with Gasteiger partial charge in [0.1, 0.15) is 5.75 Å². The van der Waals surface area contributed by atoms with Gasteiger partial charge in [-0.05, 0) is 43.0 Å². The lowest BCUT2D eigenvalue weighted by Gasteiger charge is -2.15. The molecule has 76 valence electrons. The number of hydrogen-bond acceptors (Lipinski definition) is 2. The van der Waals surface area contributed by atoms with Crippen molar-refractivity contribution in [2.75, 3.05) is 7.11 Å². The van der Waals surface area contributed by atoms with Crippen molar-refractivity contribution in [3.05, 3.63) is 28.3 Å². The summed E-state index contributed by atoms with van der Waals surface area (Å²) in [6.07, 6.45) is 2.11. The fraction of sp³-hybridized carbons (Fsp3) is 0.455. The predicted octanol–water partition coefficient (Wildman–Crippen LogP) is 2.60. The van der Waals surface area contributed by atoms with Crippen LogP contribution in [0.15, 0.2) is 12.1 Å². The van der Waals surface area contributed by atoms with Crippen LogP contribution in [0.4, 0.5) is 0 Å². The normalized spacial score (nSPS) is 18.0. The highest BCUT2D eigenvalue weighted by atomic mass is 35.5. The molecule has 1 fully saturated rings. The second-order valence-electron chi connectivity index (χ2n) is 3.96. The van der Waals surface area contributed by atoms with Crippen LogP contribution in [0.1, 0.15) is 24.0 Å². The zero-order valence-corrected chi connectivity index (χ0v) is 9.19. The quantitative estimate of drug-likeness (QED) is 0.816. The van der Waals surface area contributed by atoms with E-state index in [0.717, 1.165) is 18.4 Å². The molecular formula is C11H14ClNO. The Morgan fingerprint density at radius 1 is 1.43 bits per heavy atom. The maximum Gasteiger partial charge on any atom is 0.137 e. The van der Waals surface area contributed by atoms with E-state index in [1.165, 1.54) is 5.56 Å². The Morgan fingerprint density at radius 3 is 2.57 bits per heavy atom. The fourth-order valence-corrected chi connectivity index (χ4v) is 2.05. The average molecular weight is 212 g/mol. The minimum absolute atomic E-state index is 0.123. The third kappa shape index (κ3) is 1.49. The molecule has 1 saturated carbocycles. The zero-order valence-electron chi connectivity index (χ0n) is 8.43. The van der Waals surface area contributed by atoms with Crippen molar-refractivity contribution < 1.29 is 4.74 Å². The highest BCUT2D eigenvalue weighted by Crippen LogP contribution is 2.46. The minimum atomic E-state index is -0.123. The van der Waals surface area contributed by atoms with Crippen LogP contribution in [0.5, 0.6) is 5.75 Å². The first-order valence-corrected chi connectivity index (χ1v) is 5.08. The smallest absolute Gasteiger partial charge is 0.137 e. The van der Waals surface area contributed by atoms with Crippen LogP contribution in [0.25, 0.3) is 0 Å². The summed E-state index contributed by atoms with van der Waals surface area (Å²) >= 11 is 6.01. The number of ether oxygens (including phenoxy) is 1. The molecule has 0 bridgehead atoms. The molecule has 0 saturated heterocycles. The Labute approximate surface area is 89.0 Å². The molecule has 0 amide bonds.